The summed E-state index contributed by atoms with van der Waals surface area (Å²) < 4.78 is 0. The summed E-state index contributed by atoms with van der Waals surface area (Å²) in [5, 5.41) is 6.21. The molecule has 1 aliphatic rings. The Hall–Kier alpha value is -1.61. The zero-order valence-corrected chi connectivity index (χ0v) is 11.5. The van der Waals surface area contributed by atoms with Gasteiger partial charge in [-0.25, -0.2) is 0 Å². The molecular formula is C15H16ClN3. The zero-order chi connectivity index (χ0) is 13.1. The molecule has 0 bridgehead atoms. The fourth-order valence-electron chi connectivity index (χ4n) is 2.45. The molecule has 0 saturated heterocycles. The molecule has 0 amide bonds. The second-order valence-corrected chi connectivity index (χ2v) is 5.25. The number of rotatable bonds is 2. The van der Waals surface area contributed by atoms with Gasteiger partial charge in [-0.1, -0.05) is 18.0 Å². The van der Waals surface area contributed by atoms with Crippen LogP contribution in [0.1, 0.15) is 32.1 Å². The lowest BCUT2D eigenvalue weighted by Crippen LogP contribution is -2.07. The van der Waals surface area contributed by atoms with Crippen LogP contribution in [0.25, 0.3) is 10.9 Å². The molecule has 1 aliphatic carbocycles. The molecule has 0 atom stereocenters. The number of hydrazone groups is 1. The summed E-state index contributed by atoms with van der Waals surface area (Å²) in [4.78, 5) is 4.32. The van der Waals surface area contributed by atoms with Gasteiger partial charge in [0.15, 0.2) is 0 Å². The molecule has 1 aromatic heterocycles. The number of benzene rings is 1. The largest absolute Gasteiger partial charge is 0.278 e. The van der Waals surface area contributed by atoms with E-state index in [9.17, 15) is 0 Å². The Balaban J connectivity index is 1.90. The van der Waals surface area contributed by atoms with Crippen molar-refractivity contribution in [2.75, 3.05) is 5.43 Å². The van der Waals surface area contributed by atoms with Gasteiger partial charge >= 0.3 is 0 Å². The Morgan fingerprint density at radius 2 is 1.95 bits per heavy atom. The van der Waals surface area contributed by atoms with Crippen LogP contribution in [0.2, 0.25) is 5.02 Å². The van der Waals surface area contributed by atoms with Crippen LogP contribution in [0.5, 0.6) is 0 Å². The first-order valence-corrected chi connectivity index (χ1v) is 7.07. The van der Waals surface area contributed by atoms with E-state index in [1.54, 1.807) is 6.20 Å². The van der Waals surface area contributed by atoms with Crippen molar-refractivity contribution in [1.82, 2.24) is 4.98 Å². The van der Waals surface area contributed by atoms with E-state index in [1.165, 1.54) is 25.0 Å². The van der Waals surface area contributed by atoms with E-state index in [-0.39, 0.29) is 0 Å². The summed E-state index contributed by atoms with van der Waals surface area (Å²) >= 11 is 6.15. The molecule has 3 rings (SSSR count). The molecule has 1 fully saturated rings. The summed E-state index contributed by atoms with van der Waals surface area (Å²) in [6.07, 6.45) is 7.80. The average Bonchev–Trinajstić information content (AvgIpc) is 2.48. The van der Waals surface area contributed by atoms with E-state index >= 15 is 0 Å². The Morgan fingerprint density at radius 3 is 2.79 bits per heavy atom. The number of fused-ring (bicyclic) bond motifs is 1. The molecule has 0 unspecified atom stereocenters. The number of anilines is 1. The molecular weight excluding hydrogens is 258 g/mol. The van der Waals surface area contributed by atoms with Crippen LogP contribution >= 0.6 is 11.6 Å². The zero-order valence-electron chi connectivity index (χ0n) is 10.7. The highest BCUT2D eigenvalue weighted by Crippen LogP contribution is 2.28. The first-order valence-electron chi connectivity index (χ1n) is 6.69. The van der Waals surface area contributed by atoms with Crippen LogP contribution in [-0.2, 0) is 0 Å². The Bertz CT molecular complexity index is 614. The van der Waals surface area contributed by atoms with E-state index in [4.69, 9.17) is 11.6 Å². The molecule has 1 heterocycles. The molecule has 19 heavy (non-hydrogen) atoms. The SMILES string of the molecule is Clc1ccc(NN=C2CCCCC2)c2cccnc12. The van der Waals surface area contributed by atoms with E-state index in [0.717, 1.165) is 29.4 Å². The lowest BCUT2D eigenvalue weighted by atomic mass is 9.99. The molecule has 1 saturated carbocycles. The van der Waals surface area contributed by atoms with Gasteiger partial charge < -0.3 is 0 Å². The van der Waals surface area contributed by atoms with Crippen LogP contribution in [0.4, 0.5) is 5.69 Å². The van der Waals surface area contributed by atoms with Crippen molar-refractivity contribution < 1.29 is 0 Å². The first kappa shape index (κ1) is 12.4. The number of pyridine rings is 1. The van der Waals surface area contributed by atoms with Gasteiger partial charge in [-0.05, 0) is 49.9 Å². The summed E-state index contributed by atoms with van der Waals surface area (Å²) in [6.45, 7) is 0. The van der Waals surface area contributed by atoms with E-state index < -0.39 is 0 Å². The summed E-state index contributed by atoms with van der Waals surface area (Å²) in [5.41, 5.74) is 6.22. The van der Waals surface area contributed by atoms with Gasteiger partial charge in [0.05, 0.1) is 16.2 Å². The van der Waals surface area contributed by atoms with Crippen molar-refractivity contribution >= 4 is 33.9 Å². The topological polar surface area (TPSA) is 37.3 Å². The summed E-state index contributed by atoms with van der Waals surface area (Å²) in [5.74, 6) is 0. The van der Waals surface area contributed by atoms with Crippen LogP contribution in [-0.4, -0.2) is 10.7 Å². The Labute approximate surface area is 117 Å². The number of nitrogens with one attached hydrogen (secondary N) is 1. The minimum atomic E-state index is 0.673. The molecule has 2 aromatic rings. The second-order valence-electron chi connectivity index (χ2n) is 4.85. The van der Waals surface area contributed by atoms with E-state index in [0.29, 0.717) is 5.02 Å². The highest BCUT2D eigenvalue weighted by Gasteiger charge is 2.08. The molecule has 1 aromatic carbocycles. The fraction of sp³-hybridized carbons (Fsp3) is 0.333. The van der Waals surface area contributed by atoms with Crippen molar-refractivity contribution in [3.8, 4) is 0 Å². The normalized spacial score (nSPS) is 15.5. The Kier molecular flexibility index (Phi) is 3.65. The fourth-order valence-corrected chi connectivity index (χ4v) is 2.66. The van der Waals surface area contributed by atoms with Crippen LogP contribution < -0.4 is 5.43 Å². The maximum Gasteiger partial charge on any atom is 0.0909 e. The standard InChI is InChI=1S/C15H16ClN3/c16-13-8-9-14(12-7-4-10-17-15(12)13)19-18-11-5-2-1-3-6-11/h4,7-10,19H,1-3,5-6H2. The molecule has 0 radical (unpaired) electrons. The van der Waals surface area contributed by atoms with Gasteiger partial charge in [-0.2, -0.15) is 5.10 Å². The molecule has 4 heteroatoms. The maximum atomic E-state index is 6.15. The van der Waals surface area contributed by atoms with E-state index in [1.807, 2.05) is 24.3 Å². The molecule has 0 aliphatic heterocycles. The van der Waals surface area contributed by atoms with Gasteiger partial charge in [0.25, 0.3) is 0 Å². The molecule has 1 N–H and O–H groups in total. The number of halogens is 1. The number of hydrogen-bond acceptors (Lipinski definition) is 3. The van der Waals surface area contributed by atoms with Gasteiger partial charge in [0.1, 0.15) is 0 Å². The summed E-state index contributed by atoms with van der Waals surface area (Å²) in [6, 6.07) is 7.74. The molecule has 3 nitrogen and oxygen atoms in total. The Morgan fingerprint density at radius 1 is 1.11 bits per heavy atom. The van der Waals surface area contributed by atoms with Gasteiger partial charge in [0, 0.05) is 17.3 Å². The second kappa shape index (κ2) is 5.57. The lowest BCUT2D eigenvalue weighted by Gasteiger charge is -2.13. The van der Waals surface area contributed by atoms with Crippen LogP contribution in [0.3, 0.4) is 0 Å². The third-order valence-corrected chi connectivity index (χ3v) is 3.79. The smallest absolute Gasteiger partial charge is 0.0909 e. The van der Waals surface area contributed by atoms with Crippen molar-refractivity contribution in [1.29, 1.82) is 0 Å². The van der Waals surface area contributed by atoms with Gasteiger partial charge in [-0.3, -0.25) is 10.4 Å². The van der Waals surface area contributed by atoms with Crippen LogP contribution in [0.15, 0.2) is 35.6 Å². The van der Waals surface area contributed by atoms with Crippen molar-refractivity contribution in [3.05, 3.63) is 35.5 Å². The minimum Gasteiger partial charge on any atom is -0.278 e. The number of nitrogens with zero attached hydrogens (tertiary/aromatic N) is 2. The third-order valence-electron chi connectivity index (χ3n) is 3.49. The van der Waals surface area contributed by atoms with Crippen LogP contribution in [0, 0.1) is 0 Å². The monoisotopic (exact) mass is 273 g/mol. The quantitative estimate of drug-likeness (QED) is 0.811. The first-order chi connectivity index (χ1) is 9.34. The highest BCUT2D eigenvalue weighted by molar-refractivity contribution is 6.35. The predicted molar refractivity (Wildman–Crippen MR) is 80.9 cm³/mol. The van der Waals surface area contributed by atoms with Crippen molar-refractivity contribution in [3.63, 3.8) is 0 Å². The lowest BCUT2D eigenvalue weighted by molar-refractivity contribution is 0.665. The van der Waals surface area contributed by atoms with Crippen molar-refractivity contribution in [2.45, 2.75) is 32.1 Å². The van der Waals surface area contributed by atoms with Crippen molar-refractivity contribution in [2.24, 2.45) is 5.10 Å². The number of hydrogen-bond donors (Lipinski definition) is 1. The molecule has 98 valence electrons. The van der Waals surface area contributed by atoms with Gasteiger partial charge in [0.2, 0.25) is 0 Å². The highest BCUT2D eigenvalue weighted by atomic mass is 35.5. The average molecular weight is 274 g/mol. The minimum absolute atomic E-state index is 0.673. The maximum absolute atomic E-state index is 6.15. The third kappa shape index (κ3) is 2.71. The van der Waals surface area contributed by atoms with E-state index in [2.05, 4.69) is 15.5 Å². The number of aromatic nitrogens is 1. The molecule has 0 spiro atoms. The predicted octanol–water partition coefficient (Wildman–Crippen LogP) is 4.62. The summed E-state index contributed by atoms with van der Waals surface area (Å²) in [7, 11) is 0. The van der Waals surface area contributed by atoms with Gasteiger partial charge in [-0.15, -0.1) is 0 Å².